The molecule has 2 aromatic carbocycles. The number of likely N-dealkylation sites (tertiary alicyclic amines) is 1. The molecule has 2 aromatic rings. The van der Waals surface area contributed by atoms with E-state index < -0.39 is 11.5 Å². The first kappa shape index (κ1) is 19.9. The molecule has 2 heterocycles. The molecule has 0 spiro atoms. The average molecular weight is 387 g/mol. The minimum absolute atomic E-state index is 0. The fourth-order valence-corrected chi connectivity index (χ4v) is 4.28. The maximum absolute atomic E-state index is 11.9. The summed E-state index contributed by atoms with van der Waals surface area (Å²) in [4.78, 5) is 14.3. The summed E-state index contributed by atoms with van der Waals surface area (Å²) in [6.07, 6.45) is 3.17. The highest BCUT2D eigenvalue weighted by atomic mass is 35.5. The van der Waals surface area contributed by atoms with Crippen LogP contribution in [0.4, 0.5) is 5.69 Å². The van der Waals surface area contributed by atoms with Crippen LogP contribution in [-0.2, 0) is 17.8 Å². The molecule has 144 valence electrons. The summed E-state index contributed by atoms with van der Waals surface area (Å²) >= 11 is 0. The van der Waals surface area contributed by atoms with Crippen molar-refractivity contribution in [3.05, 3.63) is 65.2 Å². The molecule has 1 saturated heterocycles. The van der Waals surface area contributed by atoms with Gasteiger partial charge in [-0.1, -0.05) is 42.5 Å². The molecule has 27 heavy (non-hydrogen) atoms. The number of anilines is 1. The SMILES string of the molecule is Cl.O=CC(c1ccc2c(c1)CCN2)C1(O)CCN(Cc2ccccc2)CC1. The monoisotopic (exact) mass is 386 g/mol. The van der Waals surface area contributed by atoms with Crippen molar-refractivity contribution in [2.75, 3.05) is 25.0 Å². The van der Waals surface area contributed by atoms with Crippen LogP contribution in [-0.4, -0.2) is 41.5 Å². The molecular formula is C22H27ClN2O2. The van der Waals surface area contributed by atoms with Crippen molar-refractivity contribution in [3.63, 3.8) is 0 Å². The second-order valence-electron chi connectivity index (χ2n) is 7.57. The van der Waals surface area contributed by atoms with E-state index in [0.29, 0.717) is 12.8 Å². The lowest BCUT2D eigenvalue weighted by molar-refractivity contribution is -0.118. The molecule has 1 unspecified atom stereocenters. The van der Waals surface area contributed by atoms with E-state index in [1.54, 1.807) is 0 Å². The van der Waals surface area contributed by atoms with Crippen molar-refractivity contribution in [1.29, 1.82) is 0 Å². The molecule has 2 aliphatic heterocycles. The Balaban J connectivity index is 0.00000210. The Morgan fingerprint density at radius 2 is 1.89 bits per heavy atom. The van der Waals surface area contributed by atoms with Gasteiger partial charge in [-0.25, -0.2) is 0 Å². The van der Waals surface area contributed by atoms with E-state index in [4.69, 9.17) is 0 Å². The number of rotatable bonds is 5. The number of piperidine rings is 1. The van der Waals surface area contributed by atoms with Gasteiger partial charge >= 0.3 is 0 Å². The predicted octanol–water partition coefficient (Wildman–Crippen LogP) is 3.39. The first-order valence-corrected chi connectivity index (χ1v) is 9.49. The molecular weight excluding hydrogens is 360 g/mol. The second kappa shape index (κ2) is 8.42. The van der Waals surface area contributed by atoms with Crippen LogP contribution in [0.3, 0.4) is 0 Å². The summed E-state index contributed by atoms with van der Waals surface area (Å²) in [7, 11) is 0. The number of hydrogen-bond acceptors (Lipinski definition) is 4. The number of nitrogens with one attached hydrogen (secondary N) is 1. The largest absolute Gasteiger partial charge is 0.389 e. The Labute approximate surface area is 167 Å². The van der Waals surface area contributed by atoms with Gasteiger partial charge in [0.15, 0.2) is 0 Å². The maximum atomic E-state index is 11.9. The minimum Gasteiger partial charge on any atom is -0.389 e. The lowest BCUT2D eigenvalue weighted by atomic mass is 9.76. The quantitative estimate of drug-likeness (QED) is 0.773. The third-order valence-electron chi connectivity index (χ3n) is 5.88. The Morgan fingerprint density at radius 3 is 2.59 bits per heavy atom. The van der Waals surface area contributed by atoms with E-state index >= 15 is 0 Å². The number of aldehydes is 1. The first-order chi connectivity index (χ1) is 12.7. The van der Waals surface area contributed by atoms with Crippen molar-refractivity contribution >= 4 is 24.4 Å². The number of hydrogen-bond donors (Lipinski definition) is 2. The van der Waals surface area contributed by atoms with Gasteiger partial charge in [-0.3, -0.25) is 4.90 Å². The predicted molar refractivity (Wildman–Crippen MR) is 111 cm³/mol. The zero-order chi connectivity index (χ0) is 18.0. The van der Waals surface area contributed by atoms with Crippen LogP contribution in [0.25, 0.3) is 0 Å². The summed E-state index contributed by atoms with van der Waals surface area (Å²) < 4.78 is 0. The molecule has 0 aliphatic carbocycles. The van der Waals surface area contributed by atoms with Crippen LogP contribution in [0.2, 0.25) is 0 Å². The standard InChI is InChI=1S/C22H26N2O2.ClH/c25-16-20(18-6-7-21-19(14-18)8-11-23-21)22(26)9-12-24(13-10-22)15-17-4-2-1-3-5-17;/h1-7,14,16,20,23,26H,8-13,15H2;1H. The van der Waals surface area contributed by atoms with Crippen LogP contribution in [0.1, 0.15) is 35.4 Å². The molecule has 5 heteroatoms. The van der Waals surface area contributed by atoms with E-state index in [-0.39, 0.29) is 12.4 Å². The van der Waals surface area contributed by atoms with Gasteiger partial charge in [0.1, 0.15) is 6.29 Å². The number of carbonyl (C=O) groups excluding carboxylic acids is 1. The molecule has 2 N–H and O–H groups in total. The van der Waals surface area contributed by atoms with Crippen molar-refractivity contribution in [2.24, 2.45) is 0 Å². The maximum Gasteiger partial charge on any atom is 0.130 e. The highest BCUT2D eigenvalue weighted by Crippen LogP contribution is 2.37. The molecule has 1 fully saturated rings. The summed E-state index contributed by atoms with van der Waals surface area (Å²) in [6.45, 7) is 3.46. The van der Waals surface area contributed by atoms with Crippen LogP contribution in [0, 0.1) is 0 Å². The van der Waals surface area contributed by atoms with Crippen molar-refractivity contribution in [2.45, 2.75) is 37.3 Å². The Morgan fingerprint density at radius 1 is 1.15 bits per heavy atom. The second-order valence-corrected chi connectivity index (χ2v) is 7.57. The summed E-state index contributed by atoms with van der Waals surface area (Å²) in [5, 5.41) is 14.6. The van der Waals surface area contributed by atoms with Gasteiger partial charge in [-0.2, -0.15) is 0 Å². The molecule has 0 aromatic heterocycles. The van der Waals surface area contributed by atoms with Crippen molar-refractivity contribution in [3.8, 4) is 0 Å². The molecule has 0 amide bonds. The fourth-order valence-electron chi connectivity index (χ4n) is 4.28. The topological polar surface area (TPSA) is 52.6 Å². The molecule has 4 nitrogen and oxygen atoms in total. The van der Waals surface area contributed by atoms with Gasteiger partial charge in [0.25, 0.3) is 0 Å². The number of carbonyl (C=O) groups is 1. The van der Waals surface area contributed by atoms with Crippen molar-refractivity contribution in [1.82, 2.24) is 4.90 Å². The van der Waals surface area contributed by atoms with Gasteiger partial charge in [-0.15, -0.1) is 12.4 Å². The van der Waals surface area contributed by atoms with E-state index in [1.165, 1.54) is 11.1 Å². The molecule has 1 atom stereocenters. The van der Waals surface area contributed by atoms with E-state index in [2.05, 4.69) is 40.5 Å². The molecule has 0 radical (unpaired) electrons. The van der Waals surface area contributed by atoms with Gasteiger partial charge in [0.2, 0.25) is 0 Å². The van der Waals surface area contributed by atoms with Crippen LogP contribution < -0.4 is 5.32 Å². The lowest BCUT2D eigenvalue weighted by Gasteiger charge is -2.41. The van der Waals surface area contributed by atoms with Gasteiger partial charge in [0.05, 0.1) is 11.5 Å². The summed E-state index contributed by atoms with van der Waals surface area (Å²) in [5.41, 5.74) is 3.69. The number of aliphatic hydroxyl groups is 1. The third-order valence-corrected chi connectivity index (χ3v) is 5.88. The summed E-state index contributed by atoms with van der Waals surface area (Å²) in [5.74, 6) is -0.452. The van der Waals surface area contributed by atoms with Gasteiger partial charge < -0.3 is 15.2 Å². The molecule has 0 bridgehead atoms. The van der Waals surface area contributed by atoms with Crippen LogP contribution in [0.5, 0.6) is 0 Å². The average Bonchev–Trinajstić information content (AvgIpc) is 3.13. The molecule has 0 saturated carbocycles. The van der Waals surface area contributed by atoms with Crippen LogP contribution >= 0.6 is 12.4 Å². The Bertz CT molecular complexity index is 773. The highest BCUT2D eigenvalue weighted by molar-refractivity contribution is 5.85. The lowest BCUT2D eigenvalue weighted by Crippen LogP contribution is -2.48. The summed E-state index contributed by atoms with van der Waals surface area (Å²) in [6, 6.07) is 16.5. The number of benzene rings is 2. The fraction of sp³-hybridized carbons (Fsp3) is 0.409. The number of nitrogens with zero attached hydrogens (tertiary/aromatic N) is 1. The number of halogens is 1. The van der Waals surface area contributed by atoms with E-state index in [9.17, 15) is 9.90 Å². The molecule has 4 rings (SSSR count). The minimum atomic E-state index is -0.949. The van der Waals surface area contributed by atoms with Crippen LogP contribution in [0.15, 0.2) is 48.5 Å². The first-order valence-electron chi connectivity index (χ1n) is 9.49. The zero-order valence-corrected chi connectivity index (χ0v) is 16.3. The van der Waals surface area contributed by atoms with Gasteiger partial charge in [0, 0.05) is 31.9 Å². The highest BCUT2D eigenvalue weighted by Gasteiger charge is 2.40. The zero-order valence-electron chi connectivity index (χ0n) is 15.4. The smallest absolute Gasteiger partial charge is 0.130 e. The Hall–Kier alpha value is -1.88. The van der Waals surface area contributed by atoms with Crippen molar-refractivity contribution < 1.29 is 9.90 Å². The normalized spacial score (nSPS) is 19.4. The number of fused-ring (bicyclic) bond motifs is 1. The Kier molecular flexibility index (Phi) is 6.20. The molecule has 2 aliphatic rings. The van der Waals surface area contributed by atoms with E-state index in [1.807, 2.05) is 18.2 Å². The van der Waals surface area contributed by atoms with E-state index in [0.717, 1.165) is 50.1 Å². The van der Waals surface area contributed by atoms with Gasteiger partial charge in [-0.05, 0) is 42.0 Å². The third kappa shape index (κ3) is 4.18.